The van der Waals surface area contributed by atoms with Crippen molar-refractivity contribution < 1.29 is 39.6 Å². The minimum Gasteiger partial charge on any atom is -0.508 e. The van der Waals surface area contributed by atoms with Gasteiger partial charge in [0.25, 0.3) is 0 Å². The summed E-state index contributed by atoms with van der Waals surface area (Å²) in [5.74, 6) is -4.01. The topological polar surface area (TPSA) is 211 Å². The number of phenolic OH excluding ortho intramolecular Hbond substituents is 1. The highest BCUT2D eigenvalue weighted by atomic mass is 16.4. The van der Waals surface area contributed by atoms with E-state index in [4.69, 9.17) is 15.9 Å². The number of carboxylic acid groups (broad SMARTS) is 1. The Morgan fingerprint density at radius 1 is 0.935 bits per heavy atom. The predicted octanol–water partition coefficient (Wildman–Crippen LogP) is -2.81. The summed E-state index contributed by atoms with van der Waals surface area (Å²) in [5, 5.41) is 44.2. The molecule has 1 aromatic rings. The monoisotopic (exact) mass is 440 g/mol. The third kappa shape index (κ3) is 8.20. The smallest absolute Gasteiger partial charge is 0.328 e. The van der Waals surface area contributed by atoms with E-state index in [9.17, 15) is 29.4 Å². The summed E-state index contributed by atoms with van der Waals surface area (Å²) in [6.45, 7) is 1.77. The molecule has 0 saturated carbocycles. The molecular formula is C19H28N4O8. The van der Waals surface area contributed by atoms with Crippen LogP contribution in [0.15, 0.2) is 24.3 Å². The van der Waals surface area contributed by atoms with E-state index in [1.54, 1.807) is 0 Å². The van der Waals surface area contributed by atoms with Crippen LogP contribution < -0.4 is 21.7 Å². The van der Waals surface area contributed by atoms with Crippen LogP contribution in [0.3, 0.4) is 0 Å². The molecule has 0 aromatic heterocycles. The highest BCUT2D eigenvalue weighted by molar-refractivity contribution is 5.94. The van der Waals surface area contributed by atoms with Gasteiger partial charge in [-0.25, -0.2) is 4.79 Å². The number of rotatable bonds is 11. The second-order valence-corrected chi connectivity index (χ2v) is 7.03. The highest BCUT2D eigenvalue weighted by Crippen LogP contribution is 2.12. The third-order valence-corrected chi connectivity index (χ3v) is 4.28. The molecule has 1 rings (SSSR count). The molecule has 0 aliphatic heterocycles. The standard InChI is InChI=1S/C19H28N4O8/c1-9(20)16(27)23-15(10(2)25)18(29)21-13(7-11-3-5-12(26)6-4-11)17(28)22-14(8-24)19(30)31/h3-6,9-10,13-15,24-26H,7-8,20H2,1-2H3,(H,21,29)(H,22,28)(H,23,27)(H,30,31). The van der Waals surface area contributed by atoms with Crippen LogP contribution in [0.1, 0.15) is 19.4 Å². The Balaban J connectivity index is 3.08. The second kappa shape index (κ2) is 11.8. The van der Waals surface area contributed by atoms with Crippen LogP contribution in [0, 0.1) is 0 Å². The van der Waals surface area contributed by atoms with Crippen LogP contribution in [-0.2, 0) is 25.6 Å². The fourth-order valence-electron chi connectivity index (χ4n) is 2.49. The molecule has 172 valence electrons. The number of hydrogen-bond donors (Lipinski definition) is 8. The van der Waals surface area contributed by atoms with Crippen molar-refractivity contribution in [3.63, 3.8) is 0 Å². The zero-order chi connectivity index (χ0) is 23.7. The molecule has 0 fully saturated rings. The number of nitrogens with one attached hydrogen (secondary N) is 3. The molecule has 9 N–H and O–H groups in total. The first-order valence-electron chi connectivity index (χ1n) is 9.42. The lowest BCUT2D eigenvalue weighted by Crippen LogP contribution is -2.60. The molecule has 0 radical (unpaired) electrons. The number of amides is 3. The molecule has 5 atom stereocenters. The van der Waals surface area contributed by atoms with E-state index in [1.165, 1.54) is 38.1 Å². The van der Waals surface area contributed by atoms with Gasteiger partial charge in [0.2, 0.25) is 17.7 Å². The number of hydrogen-bond acceptors (Lipinski definition) is 8. The van der Waals surface area contributed by atoms with Crippen molar-refractivity contribution in [2.45, 2.75) is 50.5 Å². The quantitative estimate of drug-likeness (QED) is 0.178. The normalized spacial score (nSPS) is 15.6. The number of carboxylic acids is 1. The van der Waals surface area contributed by atoms with Crippen LogP contribution in [0.4, 0.5) is 0 Å². The number of aliphatic carboxylic acids is 1. The molecule has 12 nitrogen and oxygen atoms in total. The maximum Gasteiger partial charge on any atom is 0.328 e. The lowest BCUT2D eigenvalue weighted by molar-refractivity contribution is -0.143. The minimum atomic E-state index is -1.60. The van der Waals surface area contributed by atoms with Crippen LogP contribution in [0.2, 0.25) is 0 Å². The summed E-state index contributed by atoms with van der Waals surface area (Å²) in [5.41, 5.74) is 5.97. The summed E-state index contributed by atoms with van der Waals surface area (Å²) in [7, 11) is 0. The first-order valence-corrected chi connectivity index (χ1v) is 9.42. The Hall–Kier alpha value is -3.22. The number of aliphatic hydroxyl groups excluding tert-OH is 2. The molecule has 0 bridgehead atoms. The Kier molecular flexibility index (Phi) is 9.86. The summed E-state index contributed by atoms with van der Waals surface area (Å²) in [6.07, 6.45) is -1.44. The molecule has 3 amide bonds. The molecule has 0 saturated heterocycles. The Morgan fingerprint density at radius 3 is 1.94 bits per heavy atom. The van der Waals surface area contributed by atoms with Crippen LogP contribution >= 0.6 is 0 Å². The molecule has 0 heterocycles. The lowest BCUT2D eigenvalue weighted by Gasteiger charge is -2.26. The summed E-state index contributed by atoms with van der Waals surface area (Å²) in [6, 6.07) is 0.408. The van der Waals surface area contributed by atoms with Crippen LogP contribution in [-0.4, -0.2) is 81.0 Å². The van der Waals surface area contributed by atoms with E-state index in [1.807, 2.05) is 0 Å². The van der Waals surface area contributed by atoms with Crippen molar-refractivity contribution in [3.8, 4) is 5.75 Å². The van der Waals surface area contributed by atoms with E-state index in [-0.39, 0.29) is 12.2 Å². The first-order chi connectivity index (χ1) is 14.5. The maximum absolute atomic E-state index is 12.7. The summed E-state index contributed by atoms with van der Waals surface area (Å²) < 4.78 is 0. The molecule has 0 aliphatic rings. The van der Waals surface area contributed by atoms with Crippen LogP contribution in [0.25, 0.3) is 0 Å². The Morgan fingerprint density at radius 2 is 1.48 bits per heavy atom. The number of nitrogens with two attached hydrogens (primary N) is 1. The van der Waals surface area contributed by atoms with Gasteiger partial charge in [-0.1, -0.05) is 12.1 Å². The van der Waals surface area contributed by atoms with Crippen molar-refractivity contribution in [3.05, 3.63) is 29.8 Å². The molecule has 5 unspecified atom stereocenters. The van der Waals surface area contributed by atoms with E-state index in [0.717, 1.165) is 0 Å². The van der Waals surface area contributed by atoms with Crippen molar-refractivity contribution >= 4 is 23.7 Å². The number of carbonyl (C=O) groups is 4. The third-order valence-electron chi connectivity index (χ3n) is 4.28. The second-order valence-electron chi connectivity index (χ2n) is 7.03. The maximum atomic E-state index is 12.7. The van der Waals surface area contributed by atoms with Gasteiger partial charge in [-0.05, 0) is 31.5 Å². The van der Waals surface area contributed by atoms with Crippen molar-refractivity contribution in [1.29, 1.82) is 0 Å². The lowest BCUT2D eigenvalue weighted by atomic mass is 10.0. The van der Waals surface area contributed by atoms with Gasteiger partial charge in [0.15, 0.2) is 0 Å². The zero-order valence-electron chi connectivity index (χ0n) is 17.1. The van der Waals surface area contributed by atoms with E-state index < -0.39 is 60.6 Å². The van der Waals surface area contributed by atoms with E-state index in [0.29, 0.717) is 5.56 Å². The number of phenols is 1. The first kappa shape index (κ1) is 25.8. The van der Waals surface area contributed by atoms with Gasteiger partial charge in [0.05, 0.1) is 18.8 Å². The van der Waals surface area contributed by atoms with Gasteiger partial charge in [0.1, 0.15) is 23.9 Å². The average molecular weight is 440 g/mol. The minimum absolute atomic E-state index is 0.0206. The van der Waals surface area contributed by atoms with E-state index >= 15 is 0 Å². The molecular weight excluding hydrogens is 412 g/mol. The molecule has 31 heavy (non-hydrogen) atoms. The van der Waals surface area contributed by atoms with Gasteiger partial charge in [-0.15, -0.1) is 0 Å². The van der Waals surface area contributed by atoms with Gasteiger partial charge in [-0.3, -0.25) is 14.4 Å². The molecule has 0 aliphatic carbocycles. The Bertz CT molecular complexity index is 782. The Labute approximate surface area is 178 Å². The highest BCUT2D eigenvalue weighted by Gasteiger charge is 2.32. The molecule has 12 heteroatoms. The predicted molar refractivity (Wildman–Crippen MR) is 108 cm³/mol. The van der Waals surface area contributed by atoms with Gasteiger partial charge in [0, 0.05) is 6.42 Å². The van der Waals surface area contributed by atoms with Gasteiger partial charge < -0.3 is 42.1 Å². The number of aromatic hydroxyl groups is 1. The average Bonchev–Trinajstić information content (AvgIpc) is 2.69. The van der Waals surface area contributed by atoms with Crippen molar-refractivity contribution in [2.24, 2.45) is 5.73 Å². The number of aliphatic hydroxyl groups is 2. The van der Waals surface area contributed by atoms with E-state index in [2.05, 4.69) is 16.0 Å². The van der Waals surface area contributed by atoms with Gasteiger partial charge >= 0.3 is 5.97 Å². The fraction of sp³-hybridized carbons (Fsp3) is 0.474. The zero-order valence-corrected chi connectivity index (χ0v) is 17.1. The summed E-state index contributed by atoms with van der Waals surface area (Å²) >= 11 is 0. The van der Waals surface area contributed by atoms with Gasteiger partial charge in [-0.2, -0.15) is 0 Å². The number of carbonyl (C=O) groups excluding carboxylic acids is 3. The van der Waals surface area contributed by atoms with Crippen LogP contribution in [0.5, 0.6) is 5.75 Å². The fourth-order valence-corrected chi connectivity index (χ4v) is 2.49. The van der Waals surface area contributed by atoms with Crippen molar-refractivity contribution in [2.75, 3.05) is 6.61 Å². The van der Waals surface area contributed by atoms with Crippen molar-refractivity contribution in [1.82, 2.24) is 16.0 Å². The largest absolute Gasteiger partial charge is 0.508 e. The SMILES string of the molecule is CC(N)C(=O)NC(C(=O)NC(Cc1ccc(O)cc1)C(=O)NC(CO)C(=O)O)C(C)O. The summed E-state index contributed by atoms with van der Waals surface area (Å²) in [4.78, 5) is 48.3. The molecule has 1 aromatic carbocycles. The number of benzene rings is 1. The molecule has 0 spiro atoms.